The average Bonchev–Trinajstić information content (AvgIpc) is 2.55. The minimum Gasteiger partial charge on any atom is -0.496 e. The first-order chi connectivity index (χ1) is 11.5. The van der Waals surface area contributed by atoms with Crippen LogP contribution in [0.15, 0.2) is 46.9 Å². The Labute approximate surface area is 155 Å². The normalized spacial score (nSPS) is 10.1. The van der Waals surface area contributed by atoms with Crippen LogP contribution in [0.2, 0.25) is 0 Å². The lowest BCUT2D eigenvalue weighted by atomic mass is 10.1. The molecule has 0 saturated heterocycles. The number of thiocarbonyl (C=S) groups is 1. The predicted molar refractivity (Wildman–Crippen MR) is 104 cm³/mol. The van der Waals surface area contributed by atoms with Crippen molar-refractivity contribution in [3.8, 4) is 5.75 Å². The van der Waals surface area contributed by atoms with E-state index in [0.29, 0.717) is 17.2 Å². The average molecular weight is 407 g/mol. The number of methoxy groups -OCH3 is 1. The zero-order valence-corrected chi connectivity index (χ0v) is 16.0. The summed E-state index contributed by atoms with van der Waals surface area (Å²) < 4.78 is 6.33. The van der Waals surface area contributed by atoms with Crippen molar-refractivity contribution in [3.05, 3.63) is 63.6 Å². The topological polar surface area (TPSA) is 50.4 Å². The second-order valence-corrected chi connectivity index (χ2v) is 6.61. The third kappa shape index (κ3) is 5.32. The van der Waals surface area contributed by atoms with E-state index < -0.39 is 0 Å². The molecule has 1 amide bonds. The van der Waals surface area contributed by atoms with Crippen molar-refractivity contribution in [1.82, 2.24) is 10.6 Å². The predicted octanol–water partition coefficient (Wildman–Crippen LogP) is 3.61. The summed E-state index contributed by atoms with van der Waals surface area (Å²) in [7, 11) is 1.65. The molecule has 0 atom stereocenters. The highest BCUT2D eigenvalue weighted by Gasteiger charge is 2.08. The van der Waals surface area contributed by atoms with Gasteiger partial charge in [0, 0.05) is 16.6 Å². The number of aryl methyl sites for hydroxylation is 1. The fraction of sp³-hybridized carbons (Fsp3) is 0.222. The molecular weight excluding hydrogens is 388 g/mol. The van der Waals surface area contributed by atoms with Crippen molar-refractivity contribution in [3.63, 3.8) is 0 Å². The van der Waals surface area contributed by atoms with Crippen LogP contribution in [0.25, 0.3) is 0 Å². The molecule has 126 valence electrons. The summed E-state index contributed by atoms with van der Waals surface area (Å²) in [4.78, 5) is 12.1. The van der Waals surface area contributed by atoms with Gasteiger partial charge in [-0.15, -0.1) is 0 Å². The number of amides is 1. The summed E-state index contributed by atoms with van der Waals surface area (Å²) in [6.45, 7) is 2.57. The standard InChI is InChI=1S/C18H19BrN2O2S/c1-12-3-5-13(6-4-12)17(22)21-18(24)20-10-9-14-11-15(19)7-8-16(14)23-2/h3-8,11H,9-10H2,1-2H3,(H2,20,21,22,24). The van der Waals surface area contributed by atoms with Crippen LogP contribution in [0.5, 0.6) is 5.75 Å². The molecule has 0 radical (unpaired) electrons. The Hall–Kier alpha value is -1.92. The van der Waals surface area contributed by atoms with Crippen LogP contribution in [-0.4, -0.2) is 24.7 Å². The van der Waals surface area contributed by atoms with Gasteiger partial charge >= 0.3 is 0 Å². The minimum absolute atomic E-state index is 0.215. The fourth-order valence-electron chi connectivity index (χ4n) is 2.18. The van der Waals surface area contributed by atoms with Crippen molar-refractivity contribution in [2.24, 2.45) is 0 Å². The van der Waals surface area contributed by atoms with Gasteiger partial charge in [0.25, 0.3) is 5.91 Å². The van der Waals surface area contributed by atoms with Crippen LogP contribution in [0.4, 0.5) is 0 Å². The number of nitrogens with one attached hydrogen (secondary N) is 2. The summed E-state index contributed by atoms with van der Waals surface area (Å²) in [5.74, 6) is 0.613. The van der Waals surface area contributed by atoms with Gasteiger partial charge in [0.05, 0.1) is 7.11 Å². The Kier molecular flexibility index (Phi) is 6.75. The Bertz CT molecular complexity index is 732. The van der Waals surface area contributed by atoms with Crippen LogP contribution < -0.4 is 15.4 Å². The molecule has 2 aromatic rings. The van der Waals surface area contributed by atoms with E-state index in [4.69, 9.17) is 17.0 Å². The zero-order valence-electron chi connectivity index (χ0n) is 13.6. The van der Waals surface area contributed by atoms with Crippen molar-refractivity contribution in [2.45, 2.75) is 13.3 Å². The van der Waals surface area contributed by atoms with Gasteiger partial charge in [-0.3, -0.25) is 10.1 Å². The second kappa shape index (κ2) is 8.80. The lowest BCUT2D eigenvalue weighted by molar-refractivity contribution is 0.0976. The summed E-state index contributed by atoms with van der Waals surface area (Å²) in [5, 5.41) is 6.04. The van der Waals surface area contributed by atoms with Crippen LogP contribution in [-0.2, 0) is 6.42 Å². The largest absolute Gasteiger partial charge is 0.496 e. The SMILES string of the molecule is COc1ccc(Br)cc1CCNC(=S)NC(=O)c1ccc(C)cc1. The number of carbonyl (C=O) groups excluding carboxylic acids is 1. The third-order valence-electron chi connectivity index (χ3n) is 3.46. The number of hydrogen-bond donors (Lipinski definition) is 2. The molecular formula is C18H19BrN2O2S. The van der Waals surface area contributed by atoms with Crippen LogP contribution in [0, 0.1) is 6.92 Å². The molecule has 0 fully saturated rings. The summed E-state index contributed by atoms with van der Waals surface area (Å²) in [6, 6.07) is 13.2. The molecule has 0 aliphatic carbocycles. The summed E-state index contributed by atoms with van der Waals surface area (Å²) >= 11 is 8.63. The molecule has 6 heteroatoms. The molecule has 4 nitrogen and oxygen atoms in total. The van der Waals surface area contributed by atoms with Crippen LogP contribution in [0.1, 0.15) is 21.5 Å². The monoisotopic (exact) mass is 406 g/mol. The quantitative estimate of drug-likeness (QED) is 0.744. The summed E-state index contributed by atoms with van der Waals surface area (Å²) in [6.07, 6.45) is 0.725. The Morgan fingerprint density at radius 2 is 1.92 bits per heavy atom. The van der Waals surface area contributed by atoms with E-state index in [1.807, 2.05) is 37.3 Å². The number of ether oxygens (including phenoxy) is 1. The highest BCUT2D eigenvalue weighted by molar-refractivity contribution is 9.10. The lowest BCUT2D eigenvalue weighted by Gasteiger charge is -2.12. The fourth-order valence-corrected chi connectivity index (χ4v) is 2.78. The molecule has 0 bridgehead atoms. The molecule has 0 spiro atoms. The Morgan fingerprint density at radius 1 is 1.21 bits per heavy atom. The smallest absolute Gasteiger partial charge is 0.257 e. The molecule has 0 aliphatic heterocycles. The van der Waals surface area contributed by atoms with Gasteiger partial charge in [-0.1, -0.05) is 33.6 Å². The third-order valence-corrected chi connectivity index (χ3v) is 4.20. The van der Waals surface area contributed by atoms with E-state index in [-0.39, 0.29) is 5.91 Å². The zero-order chi connectivity index (χ0) is 17.5. The molecule has 0 heterocycles. The van der Waals surface area contributed by atoms with Gasteiger partial charge in [0.15, 0.2) is 5.11 Å². The van der Waals surface area contributed by atoms with Crippen molar-refractivity contribution >= 4 is 39.2 Å². The molecule has 0 aliphatic rings. The molecule has 24 heavy (non-hydrogen) atoms. The van der Waals surface area contributed by atoms with Gasteiger partial charge in [-0.25, -0.2) is 0 Å². The number of hydrogen-bond acceptors (Lipinski definition) is 3. The lowest BCUT2D eigenvalue weighted by Crippen LogP contribution is -2.40. The van der Waals surface area contributed by atoms with Crippen LogP contribution >= 0.6 is 28.1 Å². The molecule has 0 unspecified atom stereocenters. The van der Waals surface area contributed by atoms with Crippen molar-refractivity contribution in [2.75, 3.05) is 13.7 Å². The first-order valence-corrected chi connectivity index (χ1v) is 8.68. The maximum Gasteiger partial charge on any atom is 0.257 e. The first-order valence-electron chi connectivity index (χ1n) is 7.48. The van der Waals surface area contributed by atoms with Gasteiger partial charge in [-0.2, -0.15) is 0 Å². The van der Waals surface area contributed by atoms with Crippen molar-refractivity contribution < 1.29 is 9.53 Å². The highest BCUT2D eigenvalue weighted by atomic mass is 79.9. The van der Waals surface area contributed by atoms with E-state index >= 15 is 0 Å². The number of benzene rings is 2. The van der Waals surface area contributed by atoms with Crippen LogP contribution in [0.3, 0.4) is 0 Å². The van der Waals surface area contributed by atoms with E-state index in [1.54, 1.807) is 19.2 Å². The first kappa shape index (κ1) is 18.4. The van der Waals surface area contributed by atoms with E-state index in [1.165, 1.54) is 0 Å². The maximum atomic E-state index is 12.1. The van der Waals surface area contributed by atoms with E-state index in [9.17, 15) is 4.79 Å². The highest BCUT2D eigenvalue weighted by Crippen LogP contribution is 2.23. The van der Waals surface area contributed by atoms with E-state index in [2.05, 4.69) is 26.6 Å². The van der Waals surface area contributed by atoms with Gasteiger partial charge < -0.3 is 10.1 Å². The minimum atomic E-state index is -0.215. The van der Waals surface area contributed by atoms with Gasteiger partial charge in [-0.05, 0) is 61.5 Å². The Balaban J connectivity index is 1.84. The molecule has 0 aromatic heterocycles. The molecule has 0 saturated carbocycles. The van der Waals surface area contributed by atoms with Gasteiger partial charge in [0.2, 0.25) is 0 Å². The second-order valence-electron chi connectivity index (χ2n) is 5.28. The van der Waals surface area contributed by atoms with Gasteiger partial charge in [0.1, 0.15) is 5.75 Å². The maximum absolute atomic E-state index is 12.1. The summed E-state index contributed by atoms with van der Waals surface area (Å²) in [5.41, 5.74) is 2.75. The molecule has 2 aromatic carbocycles. The Morgan fingerprint density at radius 3 is 2.58 bits per heavy atom. The molecule has 2 rings (SSSR count). The number of halogens is 1. The number of rotatable bonds is 5. The van der Waals surface area contributed by atoms with E-state index in [0.717, 1.165) is 27.8 Å². The molecule has 2 N–H and O–H groups in total. The number of carbonyl (C=O) groups is 1. The van der Waals surface area contributed by atoms with Crippen molar-refractivity contribution in [1.29, 1.82) is 0 Å².